The van der Waals surface area contributed by atoms with Gasteiger partial charge in [-0.3, -0.25) is 19.6 Å². The number of amides is 1. The summed E-state index contributed by atoms with van der Waals surface area (Å²) in [6.07, 6.45) is 0. The number of carbonyl (C=O) groups is 1. The van der Waals surface area contributed by atoms with E-state index in [1.54, 1.807) is 22.9 Å². The first-order valence-electron chi connectivity index (χ1n) is 10.2. The van der Waals surface area contributed by atoms with Crippen molar-refractivity contribution in [3.63, 3.8) is 0 Å². The summed E-state index contributed by atoms with van der Waals surface area (Å²) in [4.78, 5) is 25.3. The molecule has 0 aliphatic carbocycles. The third kappa shape index (κ3) is 5.50. The van der Waals surface area contributed by atoms with Crippen LogP contribution in [-0.4, -0.2) is 20.6 Å². The number of hydrogen-bond donors (Lipinski definition) is 1. The van der Waals surface area contributed by atoms with E-state index in [1.165, 1.54) is 23.9 Å². The Morgan fingerprint density at radius 3 is 2.48 bits per heavy atom. The molecule has 1 N–H and O–H groups in total. The molecule has 0 radical (unpaired) electrons. The topological polar surface area (TPSA) is 103 Å². The Balaban J connectivity index is 1.51. The van der Waals surface area contributed by atoms with Crippen LogP contribution in [0.15, 0.2) is 74.9 Å². The average Bonchev–Trinajstić information content (AvgIpc) is 3.35. The molecule has 2 heterocycles. The smallest absolute Gasteiger partial charge is 0.291 e. The minimum Gasteiger partial charge on any atom is -0.454 e. The molecule has 0 fully saturated rings. The first-order chi connectivity index (χ1) is 15.8. The van der Waals surface area contributed by atoms with E-state index in [1.807, 2.05) is 51.1 Å². The standard InChI is InChI=1S/C24H22N4O4S/c1-15-4-7-21(8-5-15)33-22-12-18(11-19(13-22)28(30)31)25-24(29)23-9-6-20(32-23)14-27-17(3)10-16(2)26-27/h4-13H,14H2,1-3H3,(H,25,29). The van der Waals surface area contributed by atoms with Crippen molar-refractivity contribution in [2.75, 3.05) is 5.32 Å². The molecule has 0 spiro atoms. The number of carbonyl (C=O) groups excluding carboxylic acids is 1. The Kier molecular flexibility index (Phi) is 6.32. The fourth-order valence-corrected chi connectivity index (χ4v) is 4.23. The number of rotatable bonds is 7. The molecule has 33 heavy (non-hydrogen) atoms. The van der Waals surface area contributed by atoms with Crippen molar-refractivity contribution in [2.45, 2.75) is 37.1 Å². The molecule has 0 aliphatic heterocycles. The number of nitro benzene ring substituents is 1. The number of nitro groups is 1. The third-order valence-corrected chi connectivity index (χ3v) is 5.89. The zero-order valence-corrected chi connectivity index (χ0v) is 19.2. The van der Waals surface area contributed by atoms with E-state index in [-0.39, 0.29) is 11.4 Å². The van der Waals surface area contributed by atoms with E-state index in [4.69, 9.17) is 4.42 Å². The maximum Gasteiger partial charge on any atom is 0.291 e. The van der Waals surface area contributed by atoms with E-state index in [9.17, 15) is 14.9 Å². The van der Waals surface area contributed by atoms with Gasteiger partial charge in [0.05, 0.1) is 17.2 Å². The van der Waals surface area contributed by atoms with E-state index in [0.717, 1.165) is 21.8 Å². The minimum atomic E-state index is -0.485. The molecule has 1 amide bonds. The van der Waals surface area contributed by atoms with Crippen LogP contribution in [0.25, 0.3) is 0 Å². The largest absolute Gasteiger partial charge is 0.454 e. The van der Waals surface area contributed by atoms with Crippen LogP contribution in [-0.2, 0) is 6.54 Å². The number of aryl methyl sites for hydroxylation is 3. The molecule has 168 valence electrons. The number of nitrogens with zero attached hydrogens (tertiary/aromatic N) is 3. The van der Waals surface area contributed by atoms with Gasteiger partial charge in [-0.05, 0) is 57.2 Å². The molecule has 0 atom stereocenters. The number of nitrogens with one attached hydrogen (secondary N) is 1. The molecule has 2 aromatic heterocycles. The molecular formula is C24H22N4O4S. The number of hydrogen-bond acceptors (Lipinski definition) is 6. The van der Waals surface area contributed by atoms with Gasteiger partial charge in [0.15, 0.2) is 5.76 Å². The lowest BCUT2D eigenvalue weighted by atomic mass is 10.2. The van der Waals surface area contributed by atoms with Gasteiger partial charge in [-0.1, -0.05) is 29.5 Å². The summed E-state index contributed by atoms with van der Waals surface area (Å²) in [5.74, 6) is 0.216. The van der Waals surface area contributed by atoms with Gasteiger partial charge in [0, 0.05) is 33.3 Å². The normalized spacial score (nSPS) is 10.9. The van der Waals surface area contributed by atoms with Crippen LogP contribution in [0, 0.1) is 30.9 Å². The van der Waals surface area contributed by atoms with Crippen LogP contribution >= 0.6 is 11.8 Å². The monoisotopic (exact) mass is 462 g/mol. The highest BCUT2D eigenvalue weighted by atomic mass is 32.2. The Labute approximate surface area is 194 Å². The van der Waals surface area contributed by atoms with Gasteiger partial charge >= 0.3 is 0 Å². The summed E-state index contributed by atoms with van der Waals surface area (Å²) in [6, 6.07) is 17.6. The summed E-state index contributed by atoms with van der Waals surface area (Å²) < 4.78 is 7.49. The van der Waals surface area contributed by atoms with Crippen molar-refractivity contribution in [2.24, 2.45) is 0 Å². The summed E-state index contributed by atoms with van der Waals surface area (Å²) in [7, 11) is 0. The first kappa shape index (κ1) is 22.3. The SMILES string of the molecule is Cc1ccc(Sc2cc(NC(=O)c3ccc(Cn4nc(C)cc4C)o3)cc([N+](=O)[O-])c2)cc1. The van der Waals surface area contributed by atoms with Gasteiger partial charge < -0.3 is 9.73 Å². The fourth-order valence-electron chi connectivity index (χ4n) is 3.32. The summed E-state index contributed by atoms with van der Waals surface area (Å²) in [6.45, 7) is 6.26. The highest BCUT2D eigenvalue weighted by molar-refractivity contribution is 7.99. The van der Waals surface area contributed by atoms with E-state index >= 15 is 0 Å². The molecule has 2 aromatic carbocycles. The molecule has 0 unspecified atom stereocenters. The number of non-ortho nitro benzene ring substituents is 1. The molecule has 0 saturated carbocycles. The van der Waals surface area contributed by atoms with Crippen molar-refractivity contribution in [1.82, 2.24) is 9.78 Å². The third-order valence-electron chi connectivity index (χ3n) is 4.91. The maximum atomic E-state index is 12.7. The van der Waals surface area contributed by atoms with Gasteiger partial charge in [-0.25, -0.2) is 0 Å². The van der Waals surface area contributed by atoms with Gasteiger partial charge in [-0.2, -0.15) is 5.10 Å². The fraction of sp³-hybridized carbons (Fsp3) is 0.167. The number of aromatic nitrogens is 2. The van der Waals surface area contributed by atoms with Gasteiger partial charge in [0.1, 0.15) is 5.76 Å². The van der Waals surface area contributed by atoms with Crippen LogP contribution in [0.1, 0.15) is 33.3 Å². The molecule has 0 aliphatic rings. The van der Waals surface area contributed by atoms with Crippen LogP contribution in [0.3, 0.4) is 0 Å². The first-order valence-corrected chi connectivity index (χ1v) is 11.0. The van der Waals surface area contributed by atoms with E-state index in [0.29, 0.717) is 22.9 Å². The molecule has 9 heteroatoms. The molecular weight excluding hydrogens is 440 g/mol. The van der Waals surface area contributed by atoms with Gasteiger partial charge in [-0.15, -0.1) is 0 Å². The van der Waals surface area contributed by atoms with Crippen molar-refractivity contribution in [1.29, 1.82) is 0 Å². The number of anilines is 1. The van der Waals surface area contributed by atoms with Gasteiger partial charge in [0.25, 0.3) is 11.6 Å². The predicted molar refractivity (Wildman–Crippen MR) is 126 cm³/mol. The predicted octanol–water partition coefficient (Wildman–Crippen LogP) is 5.76. The lowest BCUT2D eigenvalue weighted by molar-refractivity contribution is -0.385. The Morgan fingerprint density at radius 1 is 1.06 bits per heavy atom. The van der Waals surface area contributed by atoms with E-state index < -0.39 is 10.8 Å². The van der Waals surface area contributed by atoms with Crippen molar-refractivity contribution >= 4 is 29.0 Å². The molecule has 4 aromatic rings. The number of benzene rings is 2. The van der Waals surface area contributed by atoms with E-state index in [2.05, 4.69) is 10.4 Å². The molecule has 4 rings (SSSR count). The van der Waals surface area contributed by atoms with Crippen molar-refractivity contribution < 1.29 is 14.1 Å². The second kappa shape index (κ2) is 9.33. The van der Waals surface area contributed by atoms with Crippen LogP contribution < -0.4 is 5.32 Å². The van der Waals surface area contributed by atoms with Crippen LogP contribution in [0.4, 0.5) is 11.4 Å². The highest BCUT2D eigenvalue weighted by Gasteiger charge is 2.16. The highest BCUT2D eigenvalue weighted by Crippen LogP contribution is 2.33. The molecule has 0 saturated heterocycles. The van der Waals surface area contributed by atoms with Crippen LogP contribution in [0.5, 0.6) is 0 Å². The Morgan fingerprint density at radius 2 is 1.82 bits per heavy atom. The Bertz CT molecular complexity index is 1320. The zero-order valence-electron chi connectivity index (χ0n) is 18.4. The lowest BCUT2D eigenvalue weighted by Gasteiger charge is -2.07. The van der Waals surface area contributed by atoms with Crippen molar-refractivity contribution in [3.05, 3.63) is 99.2 Å². The molecule has 0 bridgehead atoms. The molecule has 8 nitrogen and oxygen atoms in total. The maximum absolute atomic E-state index is 12.7. The summed E-state index contributed by atoms with van der Waals surface area (Å²) >= 11 is 1.38. The summed E-state index contributed by atoms with van der Waals surface area (Å²) in [5, 5.41) is 18.5. The second-order valence-corrected chi connectivity index (χ2v) is 8.84. The Hall–Kier alpha value is -3.85. The summed E-state index contributed by atoms with van der Waals surface area (Å²) in [5.41, 5.74) is 3.24. The lowest BCUT2D eigenvalue weighted by Crippen LogP contribution is -2.11. The average molecular weight is 463 g/mol. The quantitative estimate of drug-likeness (QED) is 0.277. The zero-order chi connectivity index (χ0) is 23.5. The van der Waals surface area contributed by atoms with Crippen molar-refractivity contribution in [3.8, 4) is 0 Å². The minimum absolute atomic E-state index is 0.105. The van der Waals surface area contributed by atoms with Gasteiger partial charge in [0.2, 0.25) is 0 Å². The number of furan rings is 1. The second-order valence-electron chi connectivity index (χ2n) is 7.69. The van der Waals surface area contributed by atoms with Crippen LogP contribution in [0.2, 0.25) is 0 Å².